The summed E-state index contributed by atoms with van der Waals surface area (Å²) in [6.45, 7) is 2.84. The summed E-state index contributed by atoms with van der Waals surface area (Å²) in [5, 5.41) is 0. The SMILES string of the molecule is CCN(Cc1ccc(OC)c(F)c1)C(=O)CCCl. The molecule has 1 aromatic carbocycles. The Balaban J connectivity index is 2.76. The van der Waals surface area contributed by atoms with Gasteiger partial charge in [0.1, 0.15) is 0 Å². The highest BCUT2D eigenvalue weighted by atomic mass is 35.5. The van der Waals surface area contributed by atoms with Crippen LogP contribution in [0.4, 0.5) is 4.39 Å². The Morgan fingerprint density at radius 1 is 1.50 bits per heavy atom. The van der Waals surface area contributed by atoms with Gasteiger partial charge in [0.2, 0.25) is 5.91 Å². The minimum Gasteiger partial charge on any atom is -0.494 e. The Hall–Kier alpha value is -1.29. The van der Waals surface area contributed by atoms with E-state index in [4.69, 9.17) is 16.3 Å². The zero-order valence-corrected chi connectivity index (χ0v) is 11.3. The van der Waals surface area contributed by atoms with E-state index in [1.54, 1.807) is 17.0 Å². The Morgan fingerprint density at radius 3 is 2.72 bits per heavy atom. The van der Waals surface area contributed by atoms with Gasteiger partial charge in [0.25, 0.3) is 0 Å². The van der Waals surface area contributed by atoms with Gasteiger partial charge in [0, 0.05) is 25.4 Å². The summed E-state index contributed by atoms with van der Waals surface area (Å²) in [5.41, 5.74) is 0.734. The van der Waals surface area contributed by atoms with Gasteiger partial charge in [0.05, 0.1) is 7.11 Å². The van der Waals surface area contributed by atoms with Crippen LogP contribution in [0.2, 0.25) is 0 Å². The van der Waals surface area contributed by atoms with Crippen molar-refractivity contribution in [2.45, 2.75) is 19.9 Å². The van der Waals surface area contributed by atoms with Crippen molar-refractivity contribution in [1.82, 2.24) is 4.90 Å². The standard InChI is InChI=1S/C13H17ClFNO2/c1-3-16(13(17)6-7-14)9-10-4-5-12(18-2)11(15)8-10/h4-5,8H,3,6-7,9H2,1-2H3. The highest BCUT2D eigenvalue weighted by Gasteiger charge is 2.12. The molecular formula is C13H17ClFNO2. The van der Waals surface area contributed by atoms with E-state index >= 15 is 0 Å². The summed E-state index contributed by atoms with van der Waals surface area (Å²) in [6, 6.07) is 4.69. The first-order chi connectivity index (χ1) is 8.62. The number of ether oxygens (including phenoxy) is 1. The molecule has 100 valence electrons. The maximum Gasteiger partial charge on any atom is 0.224 e. The fourth-order valence-corrected chi connectivity index (χ4v) is 1.81. The number of carbonyl (C=O) groups is 1. The molecule has 0 aliphatic heterocycles. The number of amides is 1. The van der Waals surface area contributed by atoms with E-state index in [1.165, 1.54) is 13.2 Å². The number of rotatable bonds is 6. The Bertz CT molecular complexity index is 412. The van der Waals surface area contributed by atoms with Crippen molar-refractivity contribution >= 4 is 17.5 Å². The predicted molar refractivity (Wildman–Crippen MR) is 69.4 cm³/mol. The lowest BCUT2D eigenvalue weighted by molar-refractivity contribution is -0.131. The minimum atomic E-state index is -0.421. The number of carbonyl (C=O) groups excluding carboxylic acids is 1. The molecule has 0 heterocycles. The van der Waals surface area contributed by atoms with Crippen molar-refractivity contribution in [2.75, 3.05) is 19.5 Å². The lowest BCUT2D eigenvalue weighted by Crippen LogP contribution is -2.30. The first kappa shape index (κ1) is 14.8. The average molecular weight is 274 g/mol. The molecule has 0 spiro atoms. The summed E-state index contributed by atoms with van der Waals surface area (Å²) >= 11 is 5.54. The second-order valence-corrected chi connectivity index (χ2v) is 4.19. The molecule has 5 heteroatoms. The van der Waals surface area contributed by atoms with Gasteiger partial charge in [-0.25, -0.2) is 4.39 Å². The molecule has 0 radical (unpaired) electrons. The normalized spacial score (nSPS) is 10.2. The van der Waals surface area contributed by atoms with Crippen LogP contribution in [0, 0.1) is 5.82 Å². The molecule has 0 aliphatic rings. The Labute approximate surface area is 111 Å². The van der Waals surface area contributed by atoms with Crippen LogP contribution < -0.4 is 4.74 Å². The molecule has 0 aromatic heterocycles. The summed E-state index contributed by atoms with van der Waals surface area (Å²) in [6.07, 6.45) is 0.300. The molecule has 0 saturated carbocycles. The van der Waals surface area contributed by atoms with E-state index in [2.05, 4.69) is 0 Å². The number of benzene rings is 1. The molecule has 3 nitrogen and oxygen atoms in total. The number of hydrogen-bond donors (Lipinski definition) is 0. The largest absolute Gasteiger partial charge is 0.494 e. The zero-order chi connectivity index (χ0) is 13.5. The van der Waals surface area contributed by atoms with E-state index in [9.17, 15) is 9.18 Å². The van der Waals surface area contributed by atoms with Crippen LogP contribution in [0.15, 0.2) is 18.2 Å². The first-order valence-corrected chi connectivity index (χ1v) is 6.32. The zero-order valence-electron chi connectivity index (χ0n) is 10.6. The molecule has 1 amide bonds. The first-order valence-electron chi connectivity index (χ1n) is 5.78. The van der Waals surface area contributed by atoms with Crippen LogP contribution >= 0.6 is 11.6 Å². The molecule has 0 aliphatic carbocycles. The van der Waals surface area contributed by atoms with Gasteiger partial charge in [0.15, 0.2) is 11.6 Å². The highest BCUT2D eigenvalue weighted by molar-refractivity contribution is 6.18. The van der Waals surface area contributed by atoms with Crippen molar-refractivity contribution in [3.8, 4) is 5.75 Å². The summed E-state index contributed by atoms with van der Waals surface area (Å²) < 4.78 is 18.3. The number of alkyl halides is 1. The fraction of sp³-hybridized carbons (Fsp3) is 0.462. The molecule has 1 aromatic rings. The van der Waals surface area contributed by atoms with Crippen molar-refractivity contribution in [2.24, 2.45) is 0 Å². The van der Waals surface area contributed by atoms with Crippen molar-refractivity contribution in [3.63, 3.8) is 0 Å². The van der Waals surface area contributed by atoms with Crippen LogP contribution in [0.1, 0.15) is 18.9 Å². The van der Waals surface area contributed by atoms with Gasteiger partial charge >= 0.3 is 0 Å². The maximum atomic E-state index is 13.5. The quantitative estimate of drug-likeness (QED) is 0.746. The van der Waals surface area contributed by atoms with Gasteiger partial charge < -0.3 is 9.64 Å². The smallest absolute Gasteiger partial charge is 0.224 e. The molecule has 1 rings (SSSR count). The van der Waals surface area contributed by atoms with Crippen LogP contribution in [0.25, 0.3) is 0 Å². The average Bonchev–Trinajstić information content (AvgIpc) is 2.36. The third-order valence-corrected chi connectivity index (χ3v) is 2.82. The van der Waals surface area contributed by atoms with Gasteiger partial charge in [-0.3, -0.25) is 4.79 Å². The molecule has 0 N–H and O–H groups in total. The van der Waals surface area contributed by atoms with Gasteiger partial charge in [-0.1, -0.05) is 6.07 Å². The molecule has 0 fully saturated rings. The number of methoxy groups -OCH3 is 1. The van der Waals surface area contributed by atoms with E-state index in [0.29, 0.717) is 25.4 Å². The predicted octanol–water partition coefficient (Wildman–Crippen LogP) is 2.81. The number of nitrogens with zero attached hydrogens (tertiary/aromatic N) is 1. The topological polar surface area (TPSA) is 29.5 Å². The van der Waals surface area contributed by atoms with Crippen molar-refractivity contribution in [1.29, 1.82) is 0 Å². The third kappa shape index (κ3) is 3.88. The molecule has 18 heavy (non-hydrogen) atoms. The summed E-state index contributed by atoms with van der Waals surface area (Å²) in [7, 11) is 1.42. The Kier molecular flexibility index (Phi) is 5.92. The van der Waals surface area contributed by atoms with Crippen LogP contribution in [0.3, 0.4) is 0 Å². The molecule has 0 atom stereocenters. The van der Waals surface area contributed by atoms with E-state index in [1.807, 2.05) is 6.92 Å². The van der Waals surface area contributed by atoms with Gasteiger partial charge in [-0.2, -0.15) is 0 Å². The van der Waals surface area contributed by atoms with Crippen LogP contribution in [-0.2, 0) is 11.3 Å². The second kappa shape index (κ2) is 7.21. The molecule has 0 saturated heterocycles. The molecule has 0 unspecified atom stereocenters. The second-order valence-electron chi connectivity index (χ2n) is 3.82. The highest BCUT2D eigenvalue weighted by Crippen LogP contribution is 2.18. The molecule has 0 bridgehead atoms. The van der Waals surface area contributed by atoms with Crippen molar-refractivity contribution in [3.05, 3.63) is 29.6 Å². The number of hydrogen-bond acceptors (Lipinski definition) is 2. The van der Waals surface area contributed by atoms with Gasteiger partial charge in [-0.05, 0) is 24.6 Å². The van der Waals surface area contributed by atoms with E-state index in [-0.39, 0.29) is 11.7 Å². The lowest BCUT2D eigenvalue weighted by atomic mass is 10.2. The van der Waals surface area contributed by atoms with Crippen LogP contribution in [-0.4, -0.2) is 30.3 Å². The summed E-state index contributed by atoms with van der Waals surface area (Å²) in [5.74, 6) is 0.0558. The lowest BCUT2D eigenvalue weighted by Gasteiger charge is -2.20. The molecular weight excluding hydrogens is 257 g/mol. The van der Waals surface area contributed by atoms with E-state index < -0.39 is 5.82 Å². The fourth-order valence-electron chi connectivity index (χ4n) is 1.64. The minimum absolute atomic E-state index is 0.0243. The maximum absolute atomic E-state index is 13.5. The summed E-state index contributed by atoms with van der Waals surface area (Å²) in [4.78, 5) is 13.4. The van der Waals surface area contributed by atoms with Crippen molar-refractivity contribution < 1.29 is 13.9 Å². The Morgan fingerprint density at radius 2 is 2.22 bits per heavy atom. The van der Waals surface area contributed by atoms with Crippen LogP contribution in [0.5, 0.6) is 5.75 Å². The monoisotopic (exact) mass is 273 g/mol. The number of halogens is 2. The third-order valence-electron chi connectivity index (χ3n) is 2.63. The van der Waals surface area contributed by atoms with E-state index in [0.717, 1.165) is 5.56 Å². The van der Waals surface area contributed by atoms with Gasteiger partial charge in [-0.15, -0.1) is 11.6 Å².